The third kappa shape index (κ3) is 3.87. The molecule has 0 radical (unpaired) electrons. The van der Waals surface area contributed by atoms with Gasteiger partial charge in [0.25, 0.3) is 0 Å². The molecule has 0 atom stereocenters. The maximum Gasteiger partial charge on any atom is 0.339 e. The predicted octanol–water partition coefficient (Wildman–Crippen LogP) is 4.56. The summed E-state index contributed by atoms with van der Waals surface area (Å²) in [5.74, 6) is 0.187. The first kappa shape index (κ1) is 20.6. The average molecular weight is 438 g/mol. The van der Waals surface area contributed by atoms with E-state index in [1.807, 2.05) is 68.4 Å². The van der Waals surface area contributed by atoms with Crippen LogP contribution in [0.15, 0.2) is 66.9 Å². The molecule has 0 amide bonds. The number of benzene rings is 2. The highest BCUT2D eigenvalue weighted by atomic mass is 16.5. The van der Waals surface area contributed by atoms with Crippen molar-refractivity contribution >= 4 is 33.7 Å². The quantitative estimate of drug-likeness (QED) is 0.401. The van der Waals surface area contributed by atoms with Crippen LogP contribution in [0.3, 0.4) is 0 Å². The molecule has 0 aliphatic carbocycles. The molecule has 5 aromatic rings. The first-order chi connectivity index (χ1) is 16.0. The Morgan fingerprint density at radius 1 is 1.00 bits per heavy atom. The number of pyridine rings is 1. The van der Waals surface area contributed by atoms with E-state index in [0.29, 0.717) is 39.4 Å². The van der Waals surface area contributed by atoms with Gasteiger partial charge >= 0.3 is 5.97 Å². The smallest absolute Gasteiger partial charge is 0.339 e. The molecular formula is C25H22N6O2. The second-order valence-electron chi connectivity index (χ2n) is 7.96. The van der Waals surface area contributed by atoms with E-state index >= 15 is 0 Å². The first-order valence-corrected chi connectivity index (χ1v) is 10.6. The normalized spacial score (nSPS) is 11.4. The number of ether oxygens (including phenoxy) is 1. The van der Waals surface area contributed by atoms with Crippen molar-refractivity contribution in [3.63, 3.8) is 0 Å². The molecule has 8 nitrogen and oxygen atoms in total. The number of rotatable bonds is 5. The summed E-state index contributed by atoms with van der Waals surface area (Å²) in [6.45, 7) is 3.93. The number of aromatic nitrogens is 5. The minimum Gasteiger partial charge on any atom is -0.454 e. The van der Waals surface area contributed by atoms with Crippen molar-refractivity contribution in [3.05, 3.63) is 78.2 Å². The zero-order valence-corrected chi connectivity index (χ0v) is 18.3. The number of nitrogens with two attached hydrogens (primary N) is 1. The highest BCUT2D eigenvalue weighted by molar-refractivity contribution is 6.03. The molecule has 0 spiro atoms. The van der Waals surface area contributed by atoms with Gasteiger partial charge in [0, 0.05) is 17.0 Å². The van der Waals surface area contributed by atoms with Crippen molar-refractivity contribution in [2.24, 2.45) is 0 Å². The van der Waals surface area contributed by atoms with Gasteiger partial charge in [-0.2, -0.15) is 5.10 Å². The molecule has 0 unspecified atom stereocenters. The summed E-state index contributed by atoms with van der Waals surface area (Å²) in [4.78, 5) is 26.7. The lowest BCUT2D eigenvalue weighted by atomic mass is 10.1. The van der Waals surface area contributed by atoms with Gasteiger partial charge in [-0.25, -0.2) is 24.4 Å². The SMILES string of the molecule is CC(C)n1ncc2c(C(=O)OCc3nc(N)c4ccccc4n3)cc(-c3ccccc3)nc21. The number of hydrogen-bond donors (Lipinski definition) is 1. The fraction of sp³-hybridized carbons (Fsp3) is 0.160. The van der Waals surface area contributed by atoms with Gasteiger partial charge < -0.3 is 10.5 Å². The fourth-order valence-corrected chi connectivity index (χ4v) is 3.75. The molecule has 2 aromatic carbocycles. The van der Waals surface area contributed by atoms with Gasteiger partial charge in [-0.05, 0) is 32.0 Å². The van der Waals surface area contributed by atoms with Crippen molar-refractivity contribution in [1.82, 2.24) is 24.7 Å². The molecular weight excluding hydrogens is 416 g/mol. The van der Waals surface area contributed by atoms with Gasteiger partial charge in [0.15, 0.2) is 18.1 Å². The zero-order valence-electron chi connectivity index (χ0n) is 18.3. The summed E-state index contributed by atoms with van der Waals surface area (Å²) in [5, 5.41) is 5.83. The summed E-state index contributed by atoms with van der Waals surface area (Å²) in [6, 6.07) is 19.0. The van der Waals surface area contributed by atoms with Crippen molar-refractivity contribution < 1.29 is 9.53 Å². The van der Waals surface area contributed by atoms with Gasteiger partial charge in [0.1, 0.15) is 5.82 Å². The van der Waals surface area contributed by atoms with E-state index in [4.69, 9.17) is 15.5 Å². The van der Waals surface area contributed by atoms with E-state index in [9.17, 15) is 4.79 Å². The van der Waals surface area contributed by atoms with Crippen molar-refractivity contribution in [3.8, 4) is 11.3 Å². The number of carbonyl (C=O) groups excluding carboxylic acids is 1. The lowest BCUT2D eigenvalue weighted by Crippen LogP contribution is -2.10. The van der Waals surface area contributed by atoms with Gasteiger partial charge in [-0.15, -0.1) is 0 Å². The first-order valence-electron chi connectivity index (χ1n) is 10.6. The van der Waals surface area contributed by atoms with Crippen LogP contribution in [0.25, 0.3) is 33.2 Å². The van der Waals surface area contributed by atoms with E-state index in [0.717, 1.165) is 10.9 Å². The van der Waals surface area contributed by atoms with Crippen LogP contribution in [0.1, 0.15) is 36.1 Å². The molecule has 3 aromatic heterocycles. The minimum absolute atomic E-state index is 0.0823. The van der Waals surface area contributed by atoms with Crippen LogP contribution in [-0.2, 0) is 11.3 Å². The Morgan fingerprint density at radius 3 is 2.55 bits per heavy atom. The summed E-state index contributed by atoms with van der Waals surface area (Å²) in [7, 11) is 0. The Morgan fingerprint density at radius 2 is 1.76 bits per heavy atom. The number of para-hydroxylation sites is 1. The topological polar surface area (TPSA) is 109 Å². The molecule has 164 valence electrons. The number of anilines is 1. The van der Waals surface area contributed by atoms with Crippen LogP contribution in [0.4, 0.5) is 5.82 Å². The molecule has 0 saturated heterocycles. The molecule has 2 N–H and O–H groups in total. The Kier molecular flexibility index (Phi) is 5.18. The van der Waals surface area contributed by atoms with E-state index in [-0.39, 0.29) is 12.6 Å². The fourth-order valence-electron chi connectivity index (χ4n) is 3.75. The third-order valence-electron chi connectivity index (χ3n) is 5.36. The highest BCUT2D eigenvalue weighted by Crippen LogP contribution is 2.27. The summed E-state index contributed by atoms with van der Waals surface area (Å²) in [6.07, 6.45) is 1.65. The maximum atomic E-state index is 13.2. The van der Waals surface area contributed by atoms with Gasteiger partial charge in [-0.1, -0.05) is 42.5 Å². The van der Waals surface area contributed by atoms with Crippen molar-refractivity contribution in [2.45, 2.75) is 26.5 Å². The molecule has 0 bridgehead atoms. The number of fused-ring (bicyclic) bond motifs is 2. The molecule has 0 fully saturated rings. The summed E-state index contributed by atoms with van der Waals surface area (Å²) < 4.78 is 7.40. The Balaban J connectivity index is 1.51. The Hall–Kier alpha value is -4.33. The van der Waals surface area contributed by atoms with Gasteiger partial charge in [0.05, 0.1) is 28.4 Å². The number of hydrogen-bond acceptors (Lipinski definition) is 7. The Labute approximate surface area is 190 Å². The molecule has 0 saturated carbocycles. The summed E-state index contributed by atoms with van der Waals surface area (Å²) >= 11 is 0. The van der Waals surface area contributed by atoms with Crippen LogP contribution >= 0.6 is 0 Å². The largest absolute Gasteiger partial charge is 0.454 e. The number of nitrogens with zero attached hydrogens (tertiary/aromatic N) is 5. The Bertz CT molecular complexity index is 1480. The molecule has 33 heavy (non-hydrogen) atoms. The van der Waals surface area contributed by atoms with Crippen molar-refractivity contribution in [2.75, 3.05) is 5.73 Å². The molecule has 8 heteroatoms. The summed E-state index contributed by atoms with van der Waals surface area (Å²) in [5.41, 5.74) is 9.34. The van der Waals surface area contributed by atoms with Gasteiger partial charge in [0.2, 0.25) is 0 Å². The minimum atomic E-state index is -0.502. The van der Waals surface area contributed by atoms with Crippen LogP contribution in [0.5, 0.6) is 0 Å². The lowest BCUT2D eigenvalue weighted by Gasteiger charge is -2.11. The molecule has 5 rings (SSSR count). The standard InChI is InChI=1S/C25H22N6O2/c1-15(2)31-24-19(13-27-31)18(12-21(29-24)16-8-4-3-5-9-16)25(32)33-14-22-28-20-11-7-6-10-17(20)23(26)30-22/h3-13,15H,14H2,1-2H3,(H2,26,28,30). The van der Waals surface area contributed by atoms with Crippen molar-refractivity contribution in [1.29, 1.82) is 0 Å². The van der Waals surface area contributed by atoms with E-state index in [1.54, 1.807) is 16.9 Å². The number of nitrogen functional groups attached to an aromatic ring is 1. The predicted molar refractivity (Wildman–Crippen MR) is 126 cm³/mol. The molecule has 0 aliphatic heterocycles. The third-order valence-corrected chi connectivity index (χ3v) is 5.36. The second-order valence-corrected chi connectivity index (χ2v) is 7.96. The van der Waals surface area contributed by atoms with Crippen LogP contribution < -0.4 is 5.73 Å². The highest BCUT2D eigenvalue weighted by Gasteiger charge is 2.20. The van der Waals surface area contributed by atoms with Crippen LogP contribution in [0, 0.1) is 0 Å². The number of esters is 1. The van der Waals surface area contributed by atoms with Crippen LogP contribution in [-0.4, -0.2) is 30.7 Å². The zero-order chi connectivity index (χ0) is 22.9. The van der Waals surface area contributed by atoms with Gasteiger partial charge in [-0.3, -0.25) is 0 Å². The average Bonchev–Trinajstić information content (AvgIpc) is 3.27. The van der Waals surface area contributed by atoms with E-state index < -0.39 is 5.97 Å². The van der Waals surface area contributed by atoms with Crippen LogP contribution in [0.2, 0.25) is 0 Å². The van der Waals surface area contributed by atoms with E-state index in [1.165, 1.54) is 0 Å². The van der Waals surface area contributed by atoms with E-state index in [2.05, 4.69) is 15.1 Å². The molecule has 0 aliphatic rings. The number of carbonyl (C=O) groups is 1. The lowest BCUT2D eigenvalue weighted by molar-refractivity contribution is 0.0465. The molecule has 3 heterocycles. The second kappa shape index (κ2) is 8.31. The maximum absolute atomic E-state index is 13.2. The monoisotopic (exact) mass is 438 g/mol.